The van der Waals surface area contributed by atoms with Crippen molar-refractivity contribution in [3.8, 4) is 0 Å². The highest BCUT2D eigenvalue weighted by Gasteiger charge is 2.31. The van der Waals surface area contributed by atoms with Crippen molar-refractivity contribution in [1.82, 2.24) is 9.80 Å². The first-order valence-corrected chi connectivity index (χ1v) is 15.0. The minimum absolute atomic E-state index is 0.0378. The van der Waals surface area contributed by atoms with Gasteiger partial charge in [0.1, 0.15) is 5.00 Å². The van der Waals surface area contributed by atoms with Crippen LogP contribution < -0.4 is 9.62 Å². The molecule has 3 amide bonds. The summed E-state index contributed by atoms with van der Waals surface area (Å²) < 4.78 is 27.4. The number of hydrogen-bond acceptors (Lipinski definition) is 6. The fourth-order valence-electron chi connectivity index (χ4n) is 4.54. The van der Waals surface area contributed by atoms with Gasteiger partial charge in [-0.3, -0.25) is 18.7 Å². The molecule has 0 spiro atoms. The maximum atomic E-state index is 13.5. The van der Waals surface area contributed by atoms with Crippen LogP contribution in [0.4, 0.5) is 10.7 Å². The maximum Gasteiger partial charge on any atom is 0.264 e. The SMILES string of the molecule is CCN(CC)C(=O)c1c(NC(=O)c2ccc(S(=O)(=O)N(C)c3ccccc3)cc2)sc2c1CCN(C(C)=O)C2. The van der Waals surface area contributed by atoms with Crippen LogP contribution in [0.15, 0.2) is 59.5 Å². The zero-order chi connectivity index (χ0) is 28.3. The summed E-state index contributed by atoms with van der Waals surface area (Å²) >= 11 is 1.31. The van der Waals surface area contributed by atoms with Crippen molar-refractivity contribution in [1.29, 1.82) is 0 Å². The lowest BCUT2D eigenvalue weighted by Crippen LogP contribution is -2.35. The molecule has 11 heteroatoms. The zero-order valence-electron chi connectivity index (χ0n) is 22.4. The summed E-state index contributed by atoms with van der Waals surface area (Å²) in [7, 11) is -2.34. The molecule has 3 aromatic rings. The van der Waals surface area contributed by atoms with Crippen LogP contribution in [-0.4, -0.2) is 62.6 Å². The molecular formula is C28H32N4O5S2. The molecule has 0 saturated carbocycles. The van der Waals surface area contributed by atoms with E-state index in [1.54, 1.807) is 34.1 Å². The van der Waals surface area contributed by atoms with Crippen molar-refractivity contribution in [3.05, 3.63) is 76.2 Å². The van der Waals surface area contributed by atoms with Gasteiger partial charge in [-0.2, -0.15) is 0 Å². The lowest BCUT2D eigenvalue weighted by Gasteiger charge is -2.27. The van der Waals surface area contributed by atoms with E-state index < -0.39 is 15.9 Å². The van der Waals surface area contributed by atoms with Gasteiger partial charge in [0, 0.05) is 44.0 Å². The van der Waals surface area contributed by atoms with E-state index in [2.05, 4.69) is 5.32 Å². The molecule has 0 fully saturated rings. The van der Waals surface area contributed by atoms with Crippen molar-refractivity contribution in [2.45, 2.75) is 38.6 Å². The van der Waals surface area contributed by atoms with Gasteiger partial charge >= 0.3 is 0 Å². The Morgan fingerprint density at radius 2 is 1.64 bits per heavy atom. The summed E-state index contributed by atoms with van der Waals surface area (Å²) in [6, 6.07) is 14.4. The van der Waals surface area contributed by atoms with Crippen molar-refractivity contribution >= 4 is 49.8 Å². The third kappa shape index (κ3) is 5.69. The Kier molecular flexibility index (Phi) is 8.41. The second-order valence-corrected chi connectivity index (χ2v) is 12.2. The molecule has 39 heavy (non-hydrogen) atoms. The van der Waals surface area contributed by atoms with Crippen molar-refractivity contribution in [3.63, 3.8) is 0 Å². The first-order valence-electron chi connectivity index (χ1n) is 12.7. The van der Waals surface area contributed by atoms with Gasteiger partial charge in [0.25, 0.3) is 21.8 Å². The highest BCUT2D eigenvalue weighted by atomic mass is 32.2. The zero-order valence-corrected chi connectivity index (χ0v) is 24.1. The highest BCUT2D eigenvalue weighted by Crippen LogP contribution is 2.38. The molecule has 0 saturated heterocycles. The molecule has 1 aliphatic rings. The van der Waals surface area contributed by atoms with Gasteiger partial charge in [-0.25, -0.2) is 8.42 Å². The van der Waals surface area contributed by atoms with Crippen LogP contribution in [-0.2, 0) is 27.8 Å². The third-order valence-electron chi connectivity index (χ3n) is 6.89. The van der Waals surface area contributed by atoms with Crippen LogP contribution in [0.5, 0.6) is 0 Å². The smallest absolute Gasteiger partial charge is 0.264 e. The molecule has 2 heterocycles. The third-order valence-corrected chi connectivity index (χ3v) is 9.82. The van der Waals surface area contributed by atoms with Crippen LogP contribution in [0.25, 0.3) is 0 Å². The number of sulfonamides is 1. The number of fused-ring (bicyclic) bond motifs is 1. The predicted molar refractivity (Wildman–Crippen MR) is 153 cm³/mol. The van der Waals surface area contributed by atoms with E-state index in [0.717, 1.165) is 10.4 Å². The minimum Gasteiger partial charge on any atom is -0.339 e. The van der Waals surface area contributed by atoms with Crippen molar-refractivity contribution in [2.24, 2.45) is 0 Å². The fraction of sp³-hybridized carbons (Fsp3) is 0.321. The summed E-state index contributed by atoms with van der Waals surface area (Å²) in [5.41, 5.74) is 2.12. The molecule has 206 valence electrons. The maximum absolute atomic E-state index is 13.5. The van der Waals surface area contributed by atoms with E-state index in [0.29, 0.717) is 48.9 Å². The standard InChI is InChI=1S/C28H32N4O5S2/c1-5-31(6-2)28(35)25-23-16-17-32(19(3)33)18-24(23)38-27(25)29-26(34)20-12-14-22(15-13-20)39(36,37)30(4)21-10-8-7-9-11-21/h7-15H,5-6,16-18H2,1-4H3,(H,29,34). The van der Waals surface area contributed by atoms with Crippen molar-refractivity contribution in [2.75, 3.05) is 36.3 Å². The highest BCUT2D eigenvalue weighted by molar-refractivity contribution is 7.92. The second kappa shape index (κ2) is 11.6. The number of nitrogens with zero attached hydrogens (tertiary/aromatic N) is 3. The van der Waals surface area contributed by atoms with E-state index >= 15 is 0 Å². The minimum atomic E-state index is -3.82. The van der Waals surface area contributed by atoms with Gasteiger partial charge in [-0.1, -0.05) is 18.2 Å². The molecule has 0 radical (unpaired) electrons. The van der Waals surface area contributed by atoms with Crippen LogP contribution in [0.2, 0.25) is 0 Å². The Morgan fingerprint density at radius 1 is 1.00 bits per heavy atom. The van der Waals surface area contributed by atoms with E-state index in [1.165, 1.54) is 53.9 Å². The molecule has 2 aromatic carbocycles. The van der Waals surface area contributed by atoms with Gasteiger partial charge in [-0.05, 0) is 62.2 Å². The number of benzene rings is 2. The Hall–Kier alpha value is -3.70. The summed E-state index contributed by atoms with van der Waals surface area (Å²) in [4.78, 5) is 43.0. The Labute approximate surface area is 233 Å². The number of rotatable bonds is 8. The number of carbonyl (C=O) groups excluding carboxylic acids is 3. The van der Waals surface area contributed by atoms with Gasteiger partial charge in [-0.15, -0.1) is 11.3 Å². The first kappa shape index (κ1) is 28.3. The lowest BCUT2D eigenvalue weighted by atomic mass is 10.0. The number of amides is 3. The molecule has 4 rings (SSSR count). The fourth-order valence-corrected chi connectivity index (χ4v) is 6.99. The van der Waals surface area contributed by atoms with E-state index in [1.807, 2.05) is 19.9 Å². The molecule has 0 unspecified atom stereocenters. The van der Waals surface area contributed by atoms with E-state index in [9.17, 15) is 22.8 Å². The number of para-hydroxylation sites is 1. The van der Waals surface area contributed by atoms with Gasteiger partial charge < -0.3 is 15.1 Å². The number of nitrogens with one attached hydrogen (secondary N) is 1. The van der Waals surface area contributed by atoms with Crippen LogP contribution in [0.1, 0.15) is 51.9 Å². The molecule has 1 N–H and O–H groups in total. The monoisotopic (exact) mass is 568 g/mol. The molecule has 0 bridgehead atoms. The number of thiophene rings is 1. The summed E-state index contributed by atoms with van der Waals surface area (Å²) in [5, 5.41) is 3.33. The average Bonchev–Trinajstić information content (AvgIpc) is 3.30. The molecule has 9 nitrogen and oxygen atoms in total. The molecule has 0 atom stereocenters. The largest absolute Gasteiger partial charge is 0.339 e. The van der Waals surface area contributed by atoms with Crippen LogP contribution >= 0.6 is 11.3 Å². The van der Waals surface area contributed by atoms with E-state index in [4.69, 9.17) is 0 Å². The summed E-state index contributed by atoms with van der Waals surface area (Å²) in [5.74, 6) is -0.648. The number of carbonyl (C=O) groups is 3. The van der Waals surface area contributed by atoms with Crippen LogP contribution in [0, 0.1) is 0 Å². The van der Waals surface area contributed by atoms with Crippen molar-refractivity contribution < 1.29 is 22.8 Å². The molecule has 1 aliphatic heterocycles. The topological polar surface area (TPSA) is 107 Å². The number of hydrogen-bond donors (Lipinski definition) is 1. The molecule has 0 aliphatic carbocycles. The average molecular weight is 569 g/mol. The van der Waals surface area contributed by atoms with Crippen LogP contribution in [0.3, 0.4) is 0 Å². The lowest BCUT2D eigenvalue weighted by molar-refractivity contribution is -0.129. The predicted octanol–water partition coefficient (Wildman–Crippen LogP) is 4.21. The van der Waals surface area contributed by atoms with Gasteiger partial charge in [0.2, 0.25) is 5.91 Å². The molecule has 1 aromatic heterocycles. The molecular weight excluding hydrogens is 536 g/mol. The second-order valence-electron chi connectivity index (χ2n) is 9.16. The Morgan fingerprint density at radius 3 is 2.23 bits per heavy atom. The summed E-state index contributed by atoms with van der Waals surface area (Å²) in [6.07, 6.45) is 0.533. The number of anilines is 2. The first-order chi connectivity index (χ1) is 18.6. The Bertz CT molecular complexity index is 1480. The van der Waals surface area contributed by atoms with Gasteiger partial charge in [0.05, 0.1) is 22.7 Å². The summed E-state index contributed by atoms with van der Waals surface area (Å²) in [6.45, 7) is 7.29. The normalized spacial score (nSPS) is 13.0. The van der Waals surface area contributed by atoms with E-state index in [-0.39, 0.29) is 22.3 Å². The van der Waals surface area contributed by atoms with Gasteiger partial charge in [0.15, 0.2) is 0 Å². The Balaban J connectivity index is 1.61. The quantitative estimate of drug-likeness (QED) is 0.438.